The van der Waals surface area contributed by atoms with E-state index in [1.54, 1.807) is 22.9 Å². The molecule has 1 aromatic carbocycles. The Balaban J connectivity index is 2.24. The number of carbonyl (C=O) groups excluding carboxylic acids is 3. The van der Waals surface area contributed by atoms with Gasteiger partial charge in [-0.3, -0.25) is 19.3 Å². The lowest BCUT2D eigenvalue weighted by Crippen LogP contribution is -2.56. The first-order chi connectivity index (χ1) is 14.0. The van der Waals surface area contributed by atoms with Crippen LogP contribution in [0.2, 0.25) is 5.02 Å². The third kappa shape index (κ3) is 5.61. The molecule has 0 aliphatic heterocycles. The number of ketones is 1. The smallest absolute Gasteiger partial charge is 0.237 e. The number of nitrogens with zero attached hydrogens (tertiary/aromatic N) is 2. The van der Waals surface area contributed by atoms with E-state index in [9.17, 15) is 14.4 Å². The molecule has 0 spiro atoms. The molecule has 0 saturated heterocycles. The van der Waals surface area contributed by atoms with Crippen LogP contribution < -0.4 is 5.32 Å². The number of Topliss-reactive ketones (excluding diaryl/α,β-unsaturated/α-hetero) is 1. The summed E-state index contributed by atoms with van der Waals surface area (Å²) in [5, 5.41) is 3.41. The number of benzene rings is 1. The second-order valence-corrected chi connectivity index (χ2v) is 9.43. The molecular formula is C23H34ClN3O3. The number of carbonyl (C=O) groups is 3. The minimum atomic E-state index is -1.05. The Labute approximate surface area is 184 Å². The second kappa shape index (κ2) is 9.92. The van der Waals surface area contributed by atoms with Crippen LogP contribution in [-0.2, 0) is 19.9 Å². The van der Waals surface area contributed by atoms with Gasteiger partial charge in [-0.25, -0.2) is 0 Å². The van der Waals surface area contributed by atoms with Crippen LogP contribution in [0.25, 0.3) is 0 Å². The fraction of sp³-hybridized carbons (Fsp3) is 0.609. The van der Waals surface area contributed by atoms with Gasteiger partial charge in [0, 0.05) is 29.6 Å². The monoisotopic (exact) mass is 435 g/mol. The fourth-order valence-electron chi connectivity index (χ4n) is 4.08. The number of nitrogens with one attached hydrogen (secondary N) is 1. The van der Waals surface area contributed by atoms with Gasteiger partial charge in [-0.05, 0) is 52.6 Å². The molecule has 0 aromatic heterocycles. The molecule has 1 N–H and O–H groups in total. The summed E-state index contributed by atoms with van der Waals surface area (Å²) in [6, 6.07) is 7.26. The summed E-state index contributed by atoms with van der Waals surface area (Å²) < 4.78 is 0. The standard InChI is InChI=1S/C23H34ClN3O3/c1-6-27(15-20(29)25-22(2,3)4)16-21(30)26(5)23(14-10-9-13-19(23)28)17-11-7-8-12-18(17)24/h7-8,11-12H,6,9-10,13-16H2,1-5H3,(H,25,29). The Morgan fingerprint density at radius 2 is 1.83 bits per heavy atom. The molecule has 1 aliphatic rings. The van der Waals surface area contributed by atoms with Crippen molar-refractivity contribution in [3.05, 3.63) is 34.9 Å². The molecule has 1 aliphatic carbocycles. The van der Waals surface area contributed by atoms with E-state index in [0.717, 1.165) is 12.8 Å². The zero-order valence-corrected chi connectivity index (χ0v) is 19.5. The average Bonchev–Trinajstić information content (AvgIpc) is 2.66. The Hall–Kier alpha value is -1.92. The first-order valence-corrected chi connectivity index (χ1v) is 11.0. The first kappa shape index (κ1) is 24.4. The van der Waals surface area contributed by atoms with Crippen LogP contribution in [0.5, 0.6) is 0 Å². The molecule has 1 saturated carbocycles. The van der Waals surface area contributed by atoms with E-state index in [-0.39, 0.29) is 36.2 Å². The quantitative estimate of drug-likeness (QED) is 0.712. The average molecular weight is 436 g/mol. The summed E-state index contributed by atoms with van der Waals surface area (Å²) in [6.45, 7) is 8.40. The molecule has 166 valence electrons. The molecule has 0 bridgehead atoms. The third-order valence-corrected chi connectivity index (χ3v) is 5.94. The lowest BCUT2D eigenvalue weighted by molar-refractivity contribution is -0.149. The SMILES string of the molecule is CCN(CC(=O)NC(C)(C)C)CC(=O)N(C)C1(c2ccccc2Cl)CCCCC1=O. The minimum Gasteiger partial charge on any atom is -0.350 e. The molecule has 1 atom stereocenters. The molecular weight excluding hydrogens is 402 g/mol. The van der Waals surface area contributed by atoms with Crippen molar-refractivity contribution in [2.45, 2.75) is 64.5 Å². The number of rotatable bonds is 7. The number of hydrogen-bond donors (Lipinski definition) is 1. The molecule has 30 heavy (non-hydrogen) atoms. The summed E-state index contributed by atoms with van der Waals surface area (Å²) >= 11 is 6.47. The highest BCUT2D eigenvalue weighted by Crippen LogP contribution is 2.42. The molecule has 2 amide bonds. The minimum absolute atomic E-state index is 0.0197. The van der Waals surface area contributed by atoms with Crippen molar-refractivity contribution in [3.63, 3.8) is 0 Å². The summed E-state index contributed by atoms with van der Waals surface area (Å²) in [5.74, 6) is -0.309. The van der Waals surface area contributed by atoms with Crippen LogP contribution in [0, 0.1) is 0 Å². The van der Waals surface area contributed by atoms with Gasteiger partial charge < -0.3 is 10.2 Å². The molecule has 2 rings (SSSR count). The Kier molecular flexibility index (Phi) is 8.06. The van der Waals surface area contributed by atoms with Crippen molar-refractivity contribution in [2.24, 2.45) is 0 Å². The van der Waals surface area contributed by atoms with Gasteiger partial charge in [0.15, 0.2) is 5.78 Å². The highest BCUT2D eigenvalue weighted by molar-refractivity contribution is 6.31. The molecule has 1 unspecified atom stereocenters. The zero-order valence-electron chi connectivity index (χ0n) is 18.8. The summed E-state index contributed by atoms with van der Waals surface area (Å²) in [7, 11) is 1.68. The molecule has 1 aromatic rings. The number of amides is 2. The van der Waals surface area contributed by atoms with Crippen LogP contribution in [0.4, 0.5) is 0 Å². The predicted molar refractivity (Wildman–Crippen MR) is 119 cm³/mol. The van der Waals surface area contributed by atoms with Crippen molar-refractivity contribution in [2.75, 3.05) is 26.7 Å². The van der Waals surface area contributed by atoms with Crippen LogP contribution in [0.1, 0.15) is 58.9 Å². The maximum atomic E-state index is 13.3. The van der Waals surface area contributed by atoms with E-state index in [4.69, 9.17) is 11.6 Å². The highest BCUT2D eigenvalue weighted by atomic mass is 35.5. The topological polar surface area (TPSA) is 69.7 Å². The van der Waals surface area contributed by atoms with Gasteiger partial charge in [0.2, 0.25) is 11.8 Å². The van der Waals surface area contributed by atoms with Gasteiger partial charge in [0.1, 0.15) is 5.54 Å². The van der Waals surface area contributed by atoms with E-state index in [2.05, 4.69) is 5.32 Å². The lowest BCUT2D eigenvalue weighted by Gasteiger charge is -2.44. The van der Waals surface area contributed by atoms with Crippen LogP contribution in [0.3, 0.4) is 0 Å². The highest BCUT2D eigenvalue weighted by Gasteiger charge is 2.47. The van der Waals surface area contributed by atoms with Gasteiger partial charge >= 0.3 is 0 Å². The van der Waals surface area contributed by atoms with Crippen LogP contribution >= 0.6 is 11.6 Å². The molecule has 6 nitrogen and oxygen atoms in total. The lowest BCUT2D eigenvalue weighted by atomic mass is 9.74. The summed E-state index contributed by atoms with van der Waals surface area (Å²) in [6.07, 6.45) is 2.64. The van der Waals surface area contributed by atoms with Crippen molar-refractivity contribution in [1.82, 2.24) is 15.1 Å². The Bertz CT molecular complexity index is 790. The maximum Gasteiger partial charge on any atom is 0.237 e. The van der Waals surface area contributed by atoms with Crippen molar-refractivity contribution in [1.29, 1.82) is 0 Å². The number of likely N-dealkylation sites (N-methyl/N-ethyl adjacent to an activating group) is 2. The molecule has 7 heteroatoms. The van der Waals surface area contributed by atoms with Gasteiger partial charge in [-0.1, -0.05) is 36.7 Å². The summed E-state index contributed by atoms with van der Waals surface area (Å²) in [5.41, 5.74) is -0.707. The Morgan fingerprint density at radius 1 is 1.17 bits per heavy atom. The molecule has 1 fully saturated rings. The van der Waals surface area contributed by atoms with Gasteiger partial charge in [-0.15, -0.1) is 0 Å². The van der Waals surface area contributed by atoms with E-state index < -0.39 is 5.54 Å². The predicted octanol–water partition coefficient (Wildman–Crippen LogP) is 3.37. The Morgan fingerprint density at radius 3 is 2.40 bits per heavy atom. The molecule has 0 radical (unpaired) electrons. The largest absolute Gasteiger partial charge is 0.350 e. The van der Waals surface area contributed by atoms with E-state index >= 15 is 0 Å². The van der Waals surface area contributed by atoms with Crippen molar-refractivity contribution in [3.8, 4) is 0 Å². The third-order valence-electron chi connectivity index (χ3n) is 5.61. The van der Waals surface area contributed by atoms with Gasteiger partial charge in [0.25, 0.3) is 0 Å². The van der Waals surface area contributed by atoms with E-state index in [0.29, 0.717) is 30.0 Å². The normalized spacial score (nSPS) is 19.6. The van der Waals surface area contributed by atoms with Crippen molar-refractivity contribution < 1.29 is 14.4 Å². The van der Waals surface area contributed by atoms with E-state index in [1.165, 1.54) is 0 Å². The first-order valence-electron chi connectivity index (χ1n) is 10.6. The maximum absolute atomic E-state index is 13.3. The van der Waals surface area contributed by atoms with Crippen LogP contribution in [0.15, 0.2) is 24.3 Å². The van der Waals surface area contributed by atoms with Gasteiger partial charge in [-0.2, -0.15) is 0 Å². The number of halogens is 1. The molecule has 0 heterocycles. The zero-order chi connectivity index (χ0) is 22.5. The van der Waals surface area contributed by atoms with E-state index in [1.807, 2.05) is 45.9 Å². The van der Waals surface area contributed by atoms with Crippen molar-refractivity contribution >= 4 is 29.2 Å². The second-order valence-electron chi connectivity index (χ2n) is 9.02. The van der Waals surface area contributed by atoms with Crippen LogP contribution in [-0.4, -0.2) is 59.6 Å². The fourth-order valence-corrected chi connectivity index (χ4v) is 4.37. The summed E-state index contributed by atoms with van der Waals surface area (Å²) in [4.78, 5) is 42.1. The number of hydrogen-bond acceptors (Lipinski definition) is 4. The van der Waals surface area contributed by atoms with Gasteiger partial charge in [0.05, 0.1) is 13.1 Å².